The number of hydrogen-bond donors (Lipinski definition) is 2. The number of pyridine rings is 1. The van der Waals surface area contributed by atoms with Gasteiger partial charge in [-0.1, -0.05) is 11.6 Å². The topological polar surface area (TPSA) is 64.4 Å². The van der Waals surface area contributed by atoms with Crippen molar-refractivity contribution in [2.24, 2.45) is 0 Å². The lowest BCUT2D eigenvalue weighted by atomic mass is 9.92. The molecule has 6 nitrogen and oxygen atoms in total. The Morgan fingerprint density at radius 3 is 2.30 bits per heavy atom. The number of ether oxygens (including phenoxy) is 1. The van der Waals surface area contributed by atoms with Crippen LogP contribution in [0, 0.1) is 11.3 Å². The fourth-order valence-electron chi connectivity index (χ4n) is 4.95. The van der Waals surface area contributed by atoms with E-state index in [1.165, 1.54) is 12.1 Å². The fraction of sp³-hybridized carbons (Fsp3) is 0.538. The van der Waals surface area contributed by atoms with Crippen molar-refractivity contribution >= 4 is 35.7 Å². The van der Waals surface area contributed by atoms with Crippen LogP contribution in [0.1, 0.15) is 42.4 Å². The van der Waals surface area contributed by atoms with Gasteiger partial charge in [-0.15, -0.1) is 0 Å². The molecule has 4 rings (SSSR count). The Labute approximate surface area is 238 Å². The molecule has 14 heteroatoms. The maximum absolute atomic E-state index is 13.2. The van der Waals surface area contributed by atoms with Crippen molar-refractivity contribution in [1.82, 2.24) is 9.88 Å². The number of piperazine rings is 1. The molecule has 2 aromatic rings. The largest absolute Gasteiger partial charge is 0.417 e. The first kappa shape index (κ1) is 30.6. The number of alkyl halides is 6. The van der Waals surface area contributed by atoms with Gasteiger partial charge in [-0.05, 0) is 49.9 Å². The van der Waals surface area contributed by atoms with Gasteiger partial charge in [0.15, 0.2) is 0 Å². The molecule has 1 aliphatic heterocycles. The molecule has 1 unspecified atom stereocenters. The highest BCUT2D eigenvalue weighted by molar-refractivity contribution is 7.80. The van der Waals surface area contributed by atoms with Crippen LogP contribution in [-0.2, 0) is 17.1 Å². The Kier molecular flexibility index (Phi) is 9.65. The maximum atomic E-state index is 13.2. The first-order valence-corrected chi connectivity index (χ1v) is 13.6. The Balaban J connectivity index is 1.20. The summed E-state index contributed by atoms with van der Waals surface area (Å²) in [5.74, 6) is 0.322. The second kappa shape index (κ2) is 12.6. The van der Waals surface area contributed by atoms with Gasteiger partial charge in [0.1, 0.15) is 5.82 Å². The Morgan fingerprint density at radius 1 is 1.05 bits per heavy atom. The number of nitrogens with one attached hydrogen (secondary N) is 1. The highest BCUT2D eigenvalue weighted by Crippen LogP contribution is 2.35. The molecule has 0 amide bonds. The number of halogens is 7. The molecule has 2 aliphatic rings. The van der Waals surface area contributed by atoms with Crippen LogP contribution in [0.4, 0.5) is 37.8 Å². The summed E-state index contributed by atoms with van der Waals surface area (Å²) in [5, 5.41) is 11.9. The summed E-state index contributed by atoms with van der Waals surface area (Å²) in [4.78, 5) is 7.90. The quantitative estimate of drug-likeness (QED) is 0.278. The van der Waals surface area contributed by atoms with E-state index >= 15 is 0 Å². The van der Waals surface area contributed by atoms with Crippen LogP contribution in [0.3, 0.4) is 0 Å². The maximum Gasteiger partial charge on any atom is 0.417 e. The summed E-state index contributed by atoms with van der Waals surface area (Å²) in [7, 11) is 0. The van der Waals surface area contributed by atoms with E-state index in [0.717, 1.165) is 44.0 Å². The van der Waals surface area contributed by atoms with Gasteiger partial charge in [0.05, 0.1) is 45.9 Å². The standard InChI is InChI=1S/C26H28ClF6N5OS/c27-22-11-17(25(28,29)30)14-35-24(22)38-9-7-37(8-10-38)23(40)15-39-20-5-3-18(4-6-20)36-19-2-1-16(13-34)21(12-19)26(31,32)33/h1-2,11-12,14,18,20,23,36,40H,3-10,15H2. The normalized spacial score (nSPS) is 21.6. The second-order valence-electron chi connectivity index (χ2n) is 9.85. The lowest BCUT2D eigenvalue weighted by Crippen LogP contribution is -2.50. The van der Waals surface area contributed by atoms with E-state index in [2.05, 4.69) is 27.8 Å². The van der Waals surface area contributed by atoms with Crippen molar-refractivity contribution in [3.05, 3.63) is 52.2 Å². The van der Waals surface area contributed by atoms with E-state index in [0.29, 0.717) is 44.3 Å². The number of benzene rings is 1. The highest BCUT2D eigenvalue weighted by atomic mass is 35.5. The van der Waals surface area contributed by atoms with E-state index in [1.807, 2.05) is 4.90 Å². The number of hydrogen-bond acceptors (Lipinski definition) is 7. The molecule has 0 spiro atoms. The third-order valence-electron chi connectivity index (χ3n) is 7.16. The lowest BCUT2D eigenvalue weighted by Gasteiger charge is -2.39. The van der Waals surface area contributed by atoms with Gasteiger partial charge in [-0.25, -0.2) is 4.98 Å². The zero-order valence-electron chi connectivity index (χ0n) is 21.3. The van der Waals surface area contributed by atoms with Crippen molar-refractivity contribution in [1.29, 1.82) is 5.26 Å². The smallest absolute Gasteiger partial charge is 0.382 e. The van der Waals surface area contributed by atoms with Crippen LogP contribution in [0.5, 0.6) is 0 Å². The molecule has 2 fully saturated rings. The minimum absolute atomic E-state index is 0.000577. The van der Waals surface area contributed by atoms with E-state index in [9.17, 15) is 26.3 Å². The molecule has 1 aromatic carbocycles. The average Bonchev–Trinajstić information content (AvgIpc) is 2.91. The predicted molar refractivity (Wildman–Crippen MR) is 143 cm³/mol. The first-order chi connectivity index (χ1) is 18.8. The van der Waals surface area contributed by atoms with Gasteiger partial charge < -0.3 is 15.0 Å². The number of nitrogens with zero attached hydrogens (tertiary/aromatic N) is 4. The van der Waals surface area contributed by atoms with Crippen molar-refractivity contribution in [2.75, 3.05) is 43.0 Å². The minimum Gasteiger partial charge on any atom is -0.382 e. The van der Waals surface area contributed by atoms with E-state index in [4.69, 9.17) is 21.6 Å². The minimum atomic E-state index is -4.60. The highest BCUT2D eigenvalue weighted by Gasteiger charge is 2.35. The third kappa shape index (κ3) is 7.66. The Hall–Kier alpha value is -2.40. The van der Waals surface area contributed by atoms with E-state index < -0.39 is 29.0 Å². The van der Waals surface area contributed by atoms with Crippen molar-refractivity contribution < 1.29 is 31.1 Å². The van der Waals surface area contributed by atoms with Gasteiger partial charge in [-0.3, -0.25) is 4.90 Å². The summed E-state index contributed by atoms with van der Waals surface area (Å²) in [6.07, 6.45) is -5.37. The number of thiol groups is 1. The van der Waals surface area contributed by atoms with Crippen molar-refractivity contribution in [3.8, 4) is 6.07 Å². The zero-order chi connectivity index (χ0) is 29.1. The summed E-state index contributed by atoms with van der Waals surface area (Å²) >= 11 is 10.8. The molecule has 0 radical (unpaired) electrons. The molecule has 1 saturated carbocycles. The van der Waals surface area contributed by atoms with Crippen LogP contribution in [-0.4, -0.2) is 60.2 Å². The lowest BCUT2D eigenvalue weighted by molar-refractivity contribution is -0.138. The van der Waals surface area contributed by atoms with E-state index in [-0.39, 0.29) is 22.5 Å². The average molecular weight is 608 g/mol. The third-order valence-corrected chi connectivity index (χ3v) is 7.91. The molecule has 1 atom stereocenters. The van der Waals surface area contributed by atoms with Gasteiger partial charge in [-0.2, -0.15) is 44.2 Å². The van der Waals surface area contributed by atoms with Gasteiger partial charge in [0.2, 0.25) is 0 Å². The van der Waals surface area contributed by atoms with Crippen LogP contribution >= 0.6 is 24.2 Å². The van der Waals surface area contributed by atoms with Gasteiger partial charge >= 0.3 is 12.4 Å². The fourth-order valence-corrected chi connectivity index (χ4v) is 5.56. The summed E-state index contributed by atoms with van der Waals surface area (Å²) in [6.45, 7) is 2.65. The number of anilines is 2. The molecular formula is C26H28ClF6N5OS. The van der Waals surface area contributed by atoms with Crippen LogP contribution in [0.25, 0.3) is 0 Å². The first-order valence-electron chi connectivity index (χ1n) is 12.7. The molecule has 40 heavy (non-hydrogen) atoms. The summed E-state index contributed by atoms with van der Waals surface area (Å²) in [5.41, 5.74) is -1.91. The predicted octanol–water partition coefficient (Wildman–Crippen LogP) is 6.46. The van der Waals surface area contributed by atoms with Gasteiger partial charge in [0, 0.05) is 44.1 Å². The molecule has 218 valence electrons. The molecule has 1 N–H and O–H groups in total. The Bertz CT molecular complexity index is 1210. The summed E-state index contributed by atoms with van der Waals surface area (Å²) in [6, 6.07) is 6.12. The Morgan fingerprint density at radius 2 is 1.73 bits per heavy atom. The summed E-state index contributed by atoms with van der Waals surface area (Å²) < 4.78 is 84.5. The molecule has 1 aromatic heterocycles. The van der Waals surface area contributed by atoms with Crippen molar-refractivity contribution in [3.63, 3.8) is 0 Å². The monoisotopic (exact) mass is 607 g/mol. The molecule has 2 heterocycles. The van der Waals surface area contributed by atoms with Crippen LogP contribution < -0.4 is 10.2 Å². The zero-order valence-corrected chi connectivity index (χ0v) is 22.9. The van der Waals surface area contributed by atoms with E-state index in [1.54, 1.807) is 6.07 Å². The van der Waals surface area contributed by atoms with Gasteiger partial charge in [0.25, 0.3) is 0 Å². The number of nitriles is 1. The molecule has 1 saturated heterocycles. The molecule has 1 aliphatic carbocycles. The van der Waals surface area contributed by atoms with Crippen molar-refractivity contribution in [2.45, 2.75) is 55.6 Å². The molecule has 0 bridgehead atoms. The molecular weight excluding hydrogens is 580 g/mol. The number of rotatable bonds is 7. The van der Waals surface area contributed by atoms with Crippen LogP contribution in [0.15, 0.2) is 30.5 Å². The SMILES string of the molecule is N#Cc1ccc(NC2CCC(OCC(S)N3CCN(c4ncc(C(F)(F)F)cc4Cl)CC3)CC2)cc1C(F)(F)F. The number of aromatic nitrogens is 1. The van der Waals surface area contributed by atoms with Crippen LogP contribution in [0.2, 0.25) is 5.02 Å². The second-order valence-corrected chi connectivity index (χ2v) is 10.9.